The summed E-state index contributed by atoms with van der Waals surface area (Å²) in [5.74, 6) is 0. The molecule has 0 spiro atoms. The van der Waals surface area contributed by atoms with Gasteiger partial charge in [0.05, 0.1) is 0 Å². The Morgan fingerprint density at radius 1 is 1.00 bits per heavy atom. The van der Waals surface area contributed by atoms with Gasteiger partial charge in [0.2, 0.25) is 0 Å². The van der Waals surface area contributed by atoms with Crippen LogP contribution < -0.4 is 10.6 Å². The summed E-state index contributed by atoms with van der Waals surface area (Å²) in [5.41, 5.74) is 3.78. The Balaban J connectivity index is 0.000000212. The maximum absolute atomic E-state index is 6.39. The number of hydrogen-bond donors (Lipinski definition) is 2. The zero-order chi connectivity index (χ0) is 18.3. The molecule has 2 aromatic rings. The van der Waals surface area contributed by atoms with Crippen LogP contribution in [0.15, 0.2) is 47.4 Å². The van der Waals surface area contributed by atoms with Crippen molar-refractivity contribution in [1.29, 1.82) is 0 Å². The fourth-order valence-corrected chi connectivity index (χ4v) is 8.50. The molecule has 0 bridgehead atoms. The number of halogens is 2. The zero-order valence-electron chi connectivity index (χ0n) is 14.6. The second kappa shape index (κ2) is 10.1. The Bertz CT molecular complexity index is 762. The number of hydrogen-bond acceptors (Lipinski definition) is 3. The summed E-state index contributed by atoms with van der Waals surface area (Å²) in [7, 11) is 12.8. The van der Waals surface area contributed by atoms with Gasteiger partial charge in [0, 0.05) is 0 Å². The van der Waals surface area contributed by atoms with Crippen LogP contribution in [0.3, 0.4) is 0 Å². The van der Waals surface area contributed by atoms with E-state index in [-0.39, 0.29) is 0 Å². The molecule has 1 heterocycles. The van der Waals surface area contributed by atoms with Crippen LogP contribution >= 0.6 is 31.1 Å². The van der Waals surface area contributed by atoms with Crippen molar-refractivity contribution in [3.05, 3.63) is 65.2 Å². The fraction of sp³-hybridized carbons (Fsp3) is 0.263. The van der Waals surface area contributed by atoms with Gasteiger partial charge >= 0.3 is 110 Å². The van der Waals surface area contributed by atoms with E-state index in [0.717, 1.165) is 22.3 Å². The van der Waals surface area contributed by atoms with Gasteiger partial charge in [-0.2, -0.15) is 34.9 Å². The van der Waals surface area contributed by atoms with Crippen molar-refractivity contribution in [2.24, 2.45) is 0 Å². The first-order valence-corrected chi connectivity index (χ1v) is 15.1. The third-order valence-electron chi connectivity index (χ3n) is 3.22. The minimum absolute atomic E-state index is 0.904. The Morgan fingerprint density at radius 3 is 2.08 bits per heavy atom. The van der Waals surface area contributed by atoms with Crippen molar-refractivity contribution in [1.82, 2.24) is 10.6 Å². The van der Waals surface area contributed by atoms with Crippen LogP contribution in [-0.2, 0) is 11.9 Å². The Kier molecular flexibility index (Phi) is 8.47. The quantitative estimate of drug-likeness (QED) is 0.368. The molecule has 0 aliphatic carbocycles. The van der Waals surface area contributed by atoms with Crippen LogP contribution in [0.1, 0.15) is 16.7 Å². The zero-order valence-corrected chi connectivity index (χ0v) is 18.6. The van der Waals surface area contributed by atoms with Crippen molar-refractivity contribution in [2.75, 3.05) is 13.1 Å². The second-order valence-corrected chi connectivity index (χ2v) is 16.6. The van der Waals surface area contributed by atoms with E-state index in [0.29, 0.717) is 0 Å². The molecule has 6 heteroatoms. The summed E-state index contributed by atoms with van der Waals surface area (Å²) in [4.78, 5) is 1.16. The molecule has 25 heavy (non-hydrogen) atoms. The molecule has 138 valence electrons. The van der Waals surface area contributed by atoms with Gasteiger partial charge < -0.3 is 0 Å². The van der Waals surface area contributed by atoms with Crippen LogP contribution in [0.2, 0.25) is 0 Å². The summed E-state index contributed by atoms with van der Waals surface area (Å²) >= 11 is -1.21. The maximum atomic E-state index is 6.39. The molecule has 0 radical (unpaired) electrons. The number of nitrogens with one attached hydrogen (secondary N) is 2. The molecule has 0 aromatic heterocycles. The van der Waals surface area contributed by atoms with Crippen molar-refractivity contribution >= 4 is 39.4 Å². The molecule has 1 fully saturated rings. The number of thioether (sulfide) groups is 1. The molecule has 1 aliphatic heterocycles. The van der Waals surface area contributed by atoms with E-state index in [1.54, 1.807) is 11.8 Å². The van der Waals surface area contributed by atoms with Crippen molar-refractivity contribution in [2.45, 2.75) is 25.7 Å². The average Bonchev–Trinajstić information content (AvgIpc) is 3.09. The predicted octanol–water partition coefficient (Wildman–Crippen LogP) is 4.69. The minimum atomic E-state index is -2.81. The van der Waals surface area contributed by atoms with Crippen LogP contribution in [0.5, 0.6) is 0 Å². The summed E-state index contributed by atoms with van der Waals surface area (Å²) in [6.07, 6.45) is 0. The molecule has 2 N–H and O–H groups in total. The van der Waals surface area contributed by atoms with E-state index >= 15 is 0 Å². The van der Waals surface area contributed by atoms with Crippen LogP contribution in [-0.4, -0.2) is 21.4 Å². The first kappa shape index (κ1) is 21.0. The van der Waals surface area contributed by atoms with Gasteiger partial charge in [0.25, 0.3) is 0 Å². The molecule has 0 saturated carbocycles. The van der Waals surface area contributed by atoms with E-state index in [1.165, 1.54) is 16.7 Å². The average molecular weight is 483 g/mol. The molecular weight excluding hydrogens is 460 g/mol. The second-order valence-electron chi connectivity index (χ2n) is 5.63. The number of aryl methyl sites for hydroxylation is 3. The SMILES string of the molecule is Cc1[c-]c(C)cc(C)c1.[Cl][Ru]([Cl])(=[CH]Sc1ccccc1)=[C]1NCCN1. The molecule has 0 atom stereocenters. The normalized spacial score (nSPS) is 14.7. The number of rotatable bonds is 2. The summed E-state index contributed by atoms with van der Waals surface area (Å²) in [6.45, 7) is 8.05. The molecular formula is C19H23Cl2N2RuS-. The summed E-state index contributed by atoms with van der Waals surface area (Å²) in [6, 6.07) is 17.6. The molecule has 2 nitrogen and oxygen atoms in total. The van der Waals surface area contributed by atoms with E-state index in [2.05, 4.69) is 49.6 Å². The van der Waals surface area contributed by atoms with Gasteiger partial charge in [-0.05, 0) is 0 Å². The topological polar surface area (TPSA) is 24.1 Å². The third kappa shape index (κ3) is 7.42. The van der Waals surface area contributed by atoms with E-state index in [1.807, 2.05) is 34.3 Å². The van der Waals surface area contributed by atoms with Gasteiger partial charge in [-0.15, -0.1) is 0 Å². The van der Waals surface area contributed by atoms with Gasteiger partial charge in [0.15, 0.2) is 0 Å². The molecule has 0 unspecified atom stereocenters. The van der Waals surface area contributed by atoms with Gasteiger partial charge in [-0.1, -0.05) is 20.8 Å². The molecule has 1 aliphatic rings. The van der Waals surface area contributed by atoms with Crippen molar-refractivity contribution < 1.29 is 11.9 Å². The van der Waals surface area contributed by atoms with Gasteiger partial charge in [-0.3, -0.25) is 0 Å². The first-order chi connectivity index (χ1) is 11.9. The molecule has 2 aromatic carbocycles. The van der Waals surface area contributed by atoms with E-state index < -0.39 is 11.9 Å². The third-order valence-corrected chi connectivity index (χ3v) is 11.8. The standard InChI is InChI=1S/C9H11.C7H6S.C3H6N2.2ClH.Ru/c1-7-4-8(2)6-9(3)5-7;1-8-7-5-3-2-4-6-7;1-2-5-3-4-1;;;/h4-5H,1-3H3;1-6H;4-5H,1-2H2;2*1H;/q-1;;;;;+2/p-2. The fourth-order valence-electron chi connectivity index (χ4n) is 2.32. The van der Waals surface area contributed by atoms with Crippen molar-refractivity contribution in [3.63, 3.8) is 0 Å². The summed E-state index contributed by atoms with van der Waals surface area (Å²) < 4.78 is 2.91. The number of benzene rings is 2. The Hall–Kier alpha value is -0.347. The van der Waals surface area contributed by atoms with Gasteiger partial charge in [0.1, 0.15) is 0 Å². The summed E-state index contributed by atoms with van der Waals surface area (Å²) in [5, 5.41) is 6.41. The van der Waals surface area contributed by atoms with Crippen molar-refractivity contribution in [3.8, 4) is 0 Å². The van der Waals surface area contributed by atoms with E-state index in [9.17, 15) is 0 Å². The van der Waals surface area contributed by atoms with Crippen LogP contribution in [0, 0.1) is 26.8 Å². The first-order valence-electron chi connectivity index (χ1n) is 7.86. The van der Waals surface area contributed by atoms with Gasteiger partial charge in [-0.25, -0.2) is 0 Å². The molecule has 1 saturated heterocycles. The molecule has 0 amide bonds. The monoisotopic (exact) mass is 483 g/mol. The predicted molar refractivity (Wildman–Crippen MR) is 111 cm³/mol. The van der Waals surface area contributed by atoms with Crippen LogP contribution in [0.4, 0.5) is 0 Å². The Morgan fingerprint density at radius 2 is 1.56 bits per heavy atom. The van der Waals surface area contributed by atoms with E-state index in [4.69, 9.17) is 19.4 Å². The Labute approximate surface area is 165 Å². The molecule has 3 rings (SSSR count). The van der Waals surface area contributed by atoms with Crippen LogP contribution in [0.25, 0.3) is 0 Å².